The summed E-state index contributed by atoms with van der Waals surface area (Å²) in [6.07, 6.45) is 0.451. The number of amides is 1. The molecule has 0 spiro atoms. The fraction of sp³-hybridized carbons (Fsp3) is 0.417. The van der Waals surface area contributed by atoms with Gasteiger partial charge in [-0.25, -0.2) is 4.39 Å². The fourth-order valence-electron chi connectivity index (χ4n) is 1.37. The number of nitrogens with one attached hydrogen (secondary N) is 1. The van der Waals surface area contributed by atoms with Gasteiger partial charge in [0.2, 0.25) is 5.91 Å². The quantitative estimate of drug-likeness (QED) is 0.836. The number of ether oxygens (including phenoxy) is 1. The summed E-state index contributed by atoms with van der Waals surface area (Å²) >= 11 is 3.29. The van der Waals surface area contributed by atoms with Gasteiger partial charge in [-0.05, 0) is 30.2 Å². The first-order valence-corrected chi connectivity index (χ1v) is 6.30. The van der Waals surface area contributed by atoms with Crippen molar-refractivity contribution >= 4 is 21.8 Å². The van der Waals surface area contributed by atoms with Crippen LogP contribution in [0.4, 0.5) is 4.39 Å². The maximum absolute atomic E-state index is 13.0. The van der Waals surface area contributed by atoms with Crippen molar-refractivity contribution in [3.63, 3.8) is 0 Å². The van der Waals surface area contributed by atoms with Gasteiger partial charge in [0.25, 0.3) is 0 Å². The molecule has 0 aliphatic heterocycles. The molecule has 0 heterocycles. The van der Waals surface area contributed by atoms with Crippen molar-refractivity contribution in [2.45, 2.75) is 19.0 Å². The largest absolute Gasteiger partial charge is 0.385 e. The minimum Gasteiger partial charge on any atom is -0.385 e. The Bertz CT molecular complexity index is 415. The second kappa shape index (κ2) is 7.45. The molecule has 1 aromatic carbocycles. The number of hydrogen-bond donors (Lipinski definition) is 2. The molecule has 1 amide bonds. The third-order valence-corrected chi connectivity index (χ3v) is 3.20. The average Bonchev–Trinajstić information content (AvgIpc) is 2.36. The van der Waals surface area contributed by atoms with E-state index in [2.05, 4.69) is 21.2 Å². The minimum absolute atomic E-state index is 0.234. The lowest BCUT2D eigenvalue weighted by molar-refractivity contribution is -0.122. The van der Waals surface area contributed by atoms with Crippen LogP contribution in [0.5, 0.6) is 0 Å². The Balaban J connectivity index is 2.49. The molecular weight excluding hydrogens is 303 g/mol. The lowest BCUT2D eigenvalue weighted by Gasteiger charge is -2.12. The molecule has 0 bridgehead atoms. The van der Waals surface area contributed by atoms with Gasteiger partial charge in [0, 0.05) is 24.7 Å². The molecule has 1 aromatic rings. The van der Waals surface area contributed by atoms with E-state index in [1.165, 1.54) is 12.1 Å². The van der Waals surface area contributed by atoms with Crippen LogP contribution in [0.2, 0.25) is 0 Å². The van der Waals surface area contributed by atoms with Crippen molar-refractivity contribution in [1.82, 2.24) is 5.32 Å². The van der Waals surface area contributed by atoms with Gasteiger partial charge < -0.3 is 15.8 Å². The number of hydrogen-bond acceptors (Lipinski definition) is 3. The number of rotatable bonds is 6. The Morgan fingerprint density at radius 3 is 3.00 bits per heavy atom. The van der Waals surface area contributed by atoms with Crippen molar-refractivity contribution in [1.29, 1.82) is 0 Å². The highest BCUT2D eigenvalue weighted by atomic mass is 79.9. The van der Waals surface area contributed by atoms with Crippen molar-refractivity contribution in [2.24, 2.45) is 5.73 Å². The molecule has 0 saturated heterocycles. The van der Waals surface area contributed by atoms with Gasteiger partial charge >= 0.3 is 0 Å². The molecule has 0 radical (unpaired) electrons. The Morgan fingerprint density at radius 1 is 1.61 bits per heavy atom. The summed E-state index contributed by atoms with van der Waals surface area (Å²) in [7, 11) is 1.55. The Hall–Kier alpha value is -0.980. The van der Waals surface area contributed by atoms with Gasteiger partial charge in [-0.15, -0.1) is 0 Å². The Kier molecular flexibility index (Phi) is 6.24. The van der Waals surface area contributed by atoms with E-state index in [1.54, 1.807) is 13.2 Å². The summed E-state index contributed by atoms with van der Waals surface area (Å²) in [4.78, 5) is 11.6. The number of halogens is 2. The fourth-order valence-corrected chi connectivity index (χ4v) is 1.75. The van der Waals surface area contributed by atoms with E-state index in [4.69, 9.17) is 10.5 Å². The van der Waals surface area contributed by atoms with Gasteiger partial charge in [-0.3, -0.25) is 4.79 Å². The Morgan fingerprint density at radius 2 is 2.33 bits per heavy atom. The number of carbonyl (C=O) groups excluding carboxylic acids is 1. The van der Waals surface area contributed by atoms with Crippen LogP contribution < -0.4 is 11.1 Å². The van der Waals surface area contributed by atoms with Crippen LogP contribution in [-0.2, 0) is 16.1 Å². The third-order valence-electron chi connectivity index (χ3n) is 2.43. The number of nitrogens with two attached hydrogens (primary N) is 1. The van der Waals surface area contributed by atoms with Crippen LogP contribution >= 0.6 is 15.9 Å². The zero-order valence-electron chi connectivity index (χ0n) is 10.1. The molecule has 6 heteroatoms. The van der Waals surface area contributed by atoms with Crippen LogP contribution in [0.25, 0.3) is 0 Å². The van der Waals surface area contributed by atoms with Crippen molar-refractivity contribution in [3.8, 4) is 0 Å². The lowest BCUT2D eigenvalue weighted by Crippen LogP contribution is -2.40. The maximum atomic E-state index is 13.0. The summed E-state index contributed by atoms with van der Waals surface area (Å²) in [5.74, 6) is -0.616. The molecule has 0 aliphatic rings. The van der Waals surface area contributed by atoms with Crippen LogP contribution in [-0.4, -0.2) is 25.7 Å². The highest BCUT2D eigenvalue weighted by Crippen LogP contribution is 2.17. The molecule has 4 nitrogen and oxygen atoms in total. The molecule has 1 unspecified atom stereocenters. The van der Waals surface area contributed by atoms with Crippen molar-refractivity contribution in [2.75, 3.05) is 13.7 Å². The third kappa shape index (κ3) is 4.72. The van der Waals surface area contributed by atoms with E-state index < -0.39 is 6.04 Å². The van der Waals surface area contributed by atoms with E-state index in [0.717, 1.165) is 4.47 Å². The normalized spacial score (nSPS) is 12.2. The van der Waals surface area contributed by atoms with Gasteiger partial charge in [0.1, 0.15) is 5.82 Å². The standard InChI is InChI=1S/C12H16BrFN2O2/c1-18-5-4-11(15)12(17)16-7-8-6-9(14)2-3-10(8)13/h2-3,6,11H,4-5,7,15H2,1H3,(H,16,17). The average molecular weight is 319 g/mol. The van der Waals surface area contributed by atoms with E-state index in [1.807, 2.05) is 0 Å². The zero-order chi connectivity index (χ0) is 13.5. The summed E-state index contributed by atoms with van der Waals surface area (Å²) in [6, 6.07) is 3.70. The SMILES string of the molecule is COCCC(N)C(=O)NCc1cc(F)ccc1Br. The molecule has 0 saturated carbocycles. The lowest BCUT2D eigenvalue weighted by atomic mass is 10.2. The number of benzene rings is 1. The van der Waals surface area contributed by atoms with E-state index in [0.29, 0.717) is 18.6 Å². The first kappa shape index (κ1) is 15.1. The molecule has 1 atom stereocenters. The van der Waals surface area contributed by atoms with Gasteiger partial charge in [0.05, 0.1) is 6.04 Å². The molecular formula is C12H16BrFN2O2. The molecule has 18 heavy (non-hydrogen) atoms. The van der Waals surface area contributed by atoms with E-state index in [9.17, 15) is 9.18 Å². The predicted octanol–water partition coefficient (Wildman–Crippen LogP) is 1.57. The summed E-state index contributed by atoms with van der Waals surface area (Å²) in [6.45, 7) is 0.663. The zero-order valence-corrected chi connectivity index (χ0v) is 11.7. The summed E-state index contributed by atoms with van der Waals surface area (Å²) in [5.41, 5.74) is 6.33. The van der Waals surface area contributed by atoms with Crippen molar-refractivity contribution < 1.29 is 13.9 Å². The number of methoxy groups -OCH3 is 1. The van der Waals surface area contributed by atoms with Gasteiger partial charge in [-0.2, -0.15) is 0 Å². The van der Waals surface area contributed by atoms with E-state index >= 15 is 0 Å². The monoisotopic (exact) mass is 318 g/mol. The smallest absolute Gasteiger partial charge is 0.237 e. The molecule has 3 N–H and O–H groups in total. The van der Waals surface area contributed by atoms with Crippen LogP contribution in [0, 0.1) is 5.82 Å². The Labute approximate surface area is 114 Å². The maximum Gasteiger partial charge on any atom is 0.237 e. The molecule has 0 aromatic heterocycles. The molecule has 0 aliphatic carbocycles. The first-order valence-electron chi connectivity index (χ1n) is 5.50. The molecule has 1 rings (SSSR count). The van der Waals surface area contributed by atoms with Crippen molar-refractivity contribution in [3.05, 3.63) is 34.1 Å². The topological polar surface area (TPSA) is 64.3 Å². The minimum atomic E-state index is -0.614. The summed E-state index contributed by atoms with van der Waals surface area (Å²) < 4.78 is 18.6. The van der Waals surface area contributed by atoms with Gasteiger partial charge in [0.15, 0.2) is 0 Å². The van der Waals surface area contributed by atoms with Crippen LogP contribution in [0.1, 0.15) is 12.0 Å². The first-order chi connectivity index (χ1) is 8.54. The van der Waals surface area contributed by atoms with Gasteiger partial charge in [-0.1, -0.05) is 15.9 Å². The molecule has 0 fully saturated rings. The van der Waals surface area contributed by atoms with Crippen LogP contribution in [0.3, 0.4) is 0 Å². The summed E-state index contributed by atoms with van der Waals surface area (Å²) in [5, 5.41) is 2.66. The predicted molar refractivity (Wildman–Crippen MR) is 70.4 cm³/mol. The second-order valence-corrected chi connectivity index (χ2v) is 4.70. The highest BCUT2D eigenvalue weighted by molar-refractivity contribution is 9.10. The highest BCUT2D eigenvalue weighted by Gasteiger charge is 2.13. The van der Waals surface area contributed by atoms with E-state index in [-0.39, 0.29) is 18.3 Å². The molecule has 100 valence electrons. The number of carbonyl (C=O) groups is 1. The second-order valence-electron chi connectivity index (χ2n) is 3.84. The van der Waals surface area contributed by atoms with Crippen LogP contribution in [0.15, 0.2) is 22.7 Å².